The van der Waals surface area contributed by atoms with E-state index < -0.39 is 29.9 Å². The molecule has 100 valence electrons. The van der Waals surface area contributed by atoms with E-state index in [1.807, 2.05) is 0 Å². The molecule has 0 radical (unpaired) electrons. The molecule has 0 aliphatic rings. The number of rotatable bonds is 3. The standard InChI is InChI=1S/C11H11F4NO2/c1-10(18,11(13,14)15)6-9(17)16-8-4-2-3-7(12)5-8/h2-5,18H,6H2,1H3,(H,16,17)/t10-/m1/s1. The third-order valence-electron chi connectivity index (χ3n) is 2.22. The highest BCUT2D eigenvalue weighted by atomic mass is 19.4. The highest BCUT2D eigenvalue weighted by molar-refractivity contribution is 5.91. The molecule has 2 N–H and O–H groups in total. The van der Waals surface area contributed by atoms with Crippen LogP contribution in [-0.4, -0.2) is 22.8 Å². The summed E-state index contributed by atoms with van der Waals surface area (Å²) in [7, 11) is 0. The SMILES string of the molecule is C[C@@](O)(CC(=O)Nc1cccc(F)c1)C(F)(F)F. The fourth-order valence-electron chi connectivity index (χ4n) is 1.18. The Labute approximate surface area is 100 Å². The number of carbonyl (C=O) groups is 1. The zero-order valence-corrected chi connectivity index (χ0v) is 9.38. The first-order chi connectivity index (χ1) is 8.12. The number of nitrogens with one attached hydrogen (secondary N) is 1. The van der Waals surface area contributed by atoms with Gasteiger partial charge in [0.15, 0.2) is 5.60 Å². The van der Waals surface area contributed by atoms with Crippen molar-refractivity contribution in [2.45, 2.75) is 25.1 Å². The van der Waals surface area contributed by atoms with Gasteiger partial charge in [-0.15, -0.1) is 0 Å². The number of anilines is 1. The van der Waals surface area contributed by atoms with Crippen LogP contribution >= 0.6 is 0 Å². The summed E-state index contributed by atoms with van der Waals surface area (Å²) in [4.78, 5) is 11.3. The Balaban J connectivity index is 2.68. The molecule has 1 aromatic rings. The molecule has 0 saturated heterocycles. The van der Waals surface area contributed by atoms with Crippen molar-refractivity contribution in [2.75, 3.05) is 5.32 Å². The molecule has 0 saturated carbocycles. The molecule has 1 rings (SSSR count). The zero-order chi connectivity index (χ0) is 14.0. The lowest BCUT2D eigenvalue weighted by Crippen LogP contribution is -2.44. The van der Waals surface area contributed by atoms with Crippen LogP contribution in [0.25, 0.3) is 0 Å². The van der Waals surface area contributed by atoms with Gasteiger partial charge < -0.3 is 10.4 Å². The van der Waals surface area contributed by atoms with Crippen LogP contribution in [0.15, 0.2) is 24.3 Å². The van der Waals surface area contributed by atoms with Gasteiger partial charge in [-0.3, -0.25) is 4.79 Å². The topological polar surface area (TPSA) is 49.3 Å². The van der Waals surface area contributed by atoms with Crippen molar-refractivity contribution in [1.82, 2.24) is 0 Å². The van der Waals surface area contributed by atoms with Crippen LogP contribution in [-0.2, 0) is 4.79 Å². The van der Waals surface area contributed by atoms with Gasteiger partial charge in [0.25, 0.3) is 0 Å². The van der Waals surface area contributed by atoms with Crippen molar-refractivity contribution in [3.05, 3.63) is 30.1 Å². The van der Waals surface area contributed by atoms with Crippen LogP contribution in [0.3, 0.4) is 0 Å². The van der Waals surface area contributed by atoms with Crippen LogP contribution < -0.4 is 5.32 Å². The largest absolute Gasteiger partial charge is 0.417 e. The second-order valence-corrected chi connectivity index (χ2v) is 4.01. The van der Waals surface area contributed by atoms with E-state index in [2.05, 4.69) is 5.32 Å². The molecule has 1 atom stereocenters. The Hall–Kier alpha value is -1.63. The number of halogens is 4. The molecule has 1 aromatic carbocycles. The molecular weight excluding hydrogens is 254 g/mol. The maximum atomic E-state index is 12.8. The van der Waals surface area contributed by atoms with Gasteiger partial charge in [0, 0.05) is 5.69 Å². The summed E-state index contributed by atoms with van der Waals surface area (Å²) in [5.41, 5.74) is -3.09. The fourth-order valence-corrected chi connectivity index (χ4v) is 1.18. The molecule has 18 heavy (non-hydrogen) atoms. The van der Waals surface area contributed by atoms with E-state index in [-0.39, 0.29) is 5.69 Å². The predicted molar refractivity (Wildman–Crippen MR) is 56.3 cm³/mol. The molecule has 0 aliphatic heterocycles. The molecule has 0 heterocycles. The Morgan fingerprint density at radius 3 is 2.50 bits per heavy atom. The molecule has 0 aromatic heterocycles. The molecule has 0 spiro atoms. The average Bonchev–Trinajstić information content (AvgIpc) is 2.14. The number of alkyl halides is 3. The van der Waals surface area contributed by atoms with Crippen molar-refractivity contribution in [3.8, 4) is 0 Å². The summed E-state index contributed by atoms with van der Waals surface area (Å²) in [6.07, 6.45) is -6.07. The van der Waals surface area contributed by atoms with Gasteiger partial charge in [0.05, 0.1) is 6.42 Å². The van der Waals surface area contributed by atoms with Crippen LogP contribution in [0.2, 0.25) is 0 Å². The number of hydrogen-bond donors (Lipinski definition) is 2. The first kappa shape index (κ1) is 14.4. The molecule has 7 heteroatoms. The summed E-state index contributed by atoms with van der Waals surface area (Å²) < 4.78 is 49.7. The predicted octanol–water partition coefficient (Wildman–Crippen LogP) is 2.47. The first-order valence-corrected chi connectivity index (χ1v) is 4.96. The molecule has 3 nitrogen and oxygen atoms in total. The first-order valence-electron chi connectivity index (χ1n) is 4.96. The smallest absolute Gasteiger partial charge is 0.380 e. The van der Waals surface area contributed by atoms with E-state index >= 15 is 0 Å². The van der Waals surface area contributed by atoms with Crippen LogP contribution in [0, 0.1) is 5.82 Å². The third-order valence-corrected chi connectivity index (χ3v) is 2.22. The molecule has 0 bridgehead atoms. The minimum absolute atomic E-state index is 0.0259. The summed E-state index contributed by atoms with van der Waals surface area (Å²) >= 11 is 0. The summed E-state index contributed by atoms with van der Waals surface area (Å²) in [5.74, 6) is -1.68. The van der Waals surface area contributed by atoms with Gasteiger partial charge >= 0.3 is 6.18 Å². The number of amides is 1. The van der Waals surface area contributed by atoms with Crippen LogP contribution in [0.1, 0.15) is 13.3 Å². The highest BCUT2D eigenvalue weighted by Crippen LogP contribution is 2.32. The monoisotopic (exact) mass is 265 g/mol. The van der Waals surface area contributed by atoms with Crippen LogP contribution in [0.5, 0.6) is 0 Å². The minimum atomic E-state index is -4.91. The zero-order valence-electron chi connectivity index (χ0n) is 9.38. The summed E-state index contributed by atoms with van der Waals surface area (Å²) in [5, 5.41) is 11.2. The second kappa shape index (κ2) is 4.93. The number of aliphatic hydroxyl groups is 1. The Morgan fingerprint density at radius 2 is 2.00 bits per heavy atom. The van der Waals surface area contributed by atoms with Gasteiger partial charge in [-0.1, -0.05) is 6.07 Å². The third kappa shape index (κ3) is 3.69. The molecule has 0 aliphatic carbocycles. The minimum Gasteiger partial charge on any atom is -0.380 e. The van der Waals surface area contributed by atoms with E-state index in [1.54, 1.807) is 0 Å². The Kier molecular flexibility index (Phi) is 3.95. The highest BCUT2D eigenvalue weighted by Gasteiger charge is 2.50. The molecule has 1 amide bonds. The Morgan fingerprint density at radius 1 is 1.39 bits per heavy atom. The molecular formula is C11H11F4NO2. The lowest BCUT2D eigenvalue weighted by molar-refractivity contribution is -0.252. The summed E-state index contributed by atoms with van der Waals surface area (Å²) in [6, 6.07) is 4.71. The van der Waals surface area contributed by atoms with Crippen molar-refractivity contribution in [2.24, 2.45) is 0 Å². The lowest BCUT2D eigenvalue weighted by atomic mass is 10.0. The van der Waals surface area contributed by atoms with E-state index in [9.17, 15) is 22.4 Å². The second-order valence-electron chi connectivity index (χ2n) is 4.01. The van der Waals surface area contributed by atoms with Gasteiger partial charge in [-0.25, -0.2) is 4.39 Å². The lowest BCUT2D eigenvalue weighted by Gasteiger charge is -2.25. The average molecular weight is 265 g/mol. The molecule has 0 fully saturated rings. The van der Waals surface area contributed by atoms with E-state index in [0.717, 1.165) is 12.1 Å². The normalized spacial score (nSPS) is 15.0. The van der Waals surface area contributed by atoms with E-state index in [4.69, 9.17) is 5.11 Å². The van der Waals surface area contributed by atoms with Gasteiger partial charge in [0.2, 0.25) is 5.91 Å². The number of benzene rings is 1. The van der Waals surface area contributed by atoms with E-state index in [0.29, 0.717) is 6.92 Å². The van der Waals surface area contributed by atoms with Crippen LogP contribution in [0.4, 0.5) is 23.2 Å². The Bertz CT molecular complexity index is 443. The number of carbonyl (C=O) groups excluding carboxylic acids is 1. The quantitative estimate of drug-likeness (QED) is 0.825. The van der Waals surface area contributed by atoms with Crippen molar-refractivity contribution in [3.63, 3.8) is 0 Å². The number of hydrogen-bond acceptors (Lipinski definition) is 2. The van der Waals surface area contributed by atoms with Crippen molar-refractivity contribution >= 4 is 11.6 Å². The molecule has 0 unspecified atom stereocenters. The maximum Gasteiger partial charge on any atom is 0.417 e. The van der Waals surface area contributed by atoms with Gasteiger partial charge in [-0.05, 0) is 25.1 Å². The van der Waals surface area contributed by atoms with Gasteiger partial charge in [0.1, 0.15) is 5.82 Å². The fraction of sp³-hybridized carbons (Fsp3) is 0.364. The summed E-state index contributed by atoms with van der Waals surface area (Å²) in [6.45, 7) is 0.498. The van der Waals surface area contributed by atoms with Gasteiger partial charge in [-0.2, -0.15) is 13.2 Å². The van der Waals surface area contributed by atoms with E-state index in [1.165, 1.54) is 12.1 Å². The van der Waals surface area contributed by atoms with Crippen molar-refractivity contribution in [1.29, 1.82) is 0 Å². The maximum absolute atomic E-state index is 12.8. The van der Waals surface area contributed by atoms with Crippen molar-refractivity contribution < 1.29 is 27.5 Å².